The van der Waals surface area contributed by atoms with Crippen LogP contribution < -0.4 is 16.0 Å². The molecule has 0 aliphatic heterocycles. The van der Waals surface area contributed by atoms with E-state index in [-0.39, 0.29) is 25.2 Å². The van der Waals surface area contributed by atoms with E-state index < -0.39 is 24.0 Å². The summed E-state index contributed by atoms with van der Waals surface area (Å²) in [6.07, 6.45) is 4.40. The van der Waals surface area contributed by atoms with Gasteiger partial charge in [-0.05, 0) is 48.2 Å². The van der Waals surface area contributed by atoms with Crippen molar-refractivity contribution in [3.05, 3.63) is 101 Å². The van der Waals surface area contributed by atoms with E-state index in [1.165, 1.54) is 6.42 Å². The Morgan fingerprint density at radius 2 is 1.62 bits per heavy atom. The van der Waals surface area contributed by atoms with Gasteiger partial charge in [-0.25, -0.2) is 19.4 Å². The van der Waals surface area contributed by atoms with Crippen LogP contribution >= 0.6 is 0 Å². The van der Waals surface area contributed by atoms with Gasteiger partial charge in [0, 0.05) is 31.7 Å². The summed E-state index contributed by atoms with van der Waals surface area (Å²) in [4.78, 5) is 56.8. The summed E-state index contributed by atoms with van der Waals surface area (Å²) in [7, 11) is 1.94. The number of hydrogen-bond donors (Lipinski definition) is 4. The number of ether oxygens (including phenoxy) is 1. The largest absolute Gasteiger partial charge is 0.480 e. The number of benzene rings is 3. The number of aliphatic carboxylic acids is 1. The first-order valence-electron chi connectivity index (χ1n) is 15.8. The van der Waals surface area contributed by atoms with Gasteiger partial charge in [-0.15, -0.1) is 0 Å². The van der Waals surface area contributed by atoms with Crippen LogP contribution in [0.5, 0.6) is 0 Å². The van der Waals surface area contributed by atoms with E-state index in [4.69, 9.17) is 9.72 Å². The standard InChI is InChI=1S/C35H40N6O6/c1-40-30-15-9-8-14-28(30)38-31(40)22-41(34(45)37-27-12-6-3-7-13-27)21-24-16-18-26(19-17-24)32(42)36-20-29(33(43)44)39-35(46)47-23-25-10-4-2-5-11-25/h2,4-5,8-11,14-19,27,29H,3,6-7,12-13,20-23H2,1H3,(H,36,42)(H,37,45)(H,39,46)(H,43,44). The highest BCUT2D eigenvalue weighted by atomic mass is 16.5. The molecule has 12 heteroatoms. The van der Waals surface area contributed by atoms with E-state index in [1.807, 2.05) is 41.9 Å². The lowest BCUT2D eigenvalue weighted by atomic mass is 9.96. The molecule has 0 spiro atoms. The summed E-state index contributed by atoms with van der Waals surface area (Å²) >= 11 is 0. The second kappa shape index (κ2) is 15.7. The number of imidazole rings is 1. The van der Waals surface area contributed by atoms with E-state index >= 15 is 0 Å². The Balaban J connectivity index is 1.20. The number of carboxylic acid groups (broad SMARTS) is 1. The minimum absolute atomic E-state index is 0.0180. The van der Waals surface area contributed by atoms with Crippen LogP contribution in [0.3, 0.4) is 0 Å². The highest BCUT2D eigenvalue weighted by Gasteiger charge is 2.24. The lowest BCUT2D eigenvalue weighted by Crippen LogP contribution is -2.48. The molecule has 4 amide bonds. The van der Waals surface area contributed by atoms with Gasteiger partial charge in [0.25, 0.3) is 5.91 Å². The number of aryl methyl sites for hydroxylation is 1. The zero-order valence-electron chi connectivity index (χ0n) is 26.4. The number of carboxylic acids is 1. The van der Waals surface area contributed by atoms with Gasteiger partial charge in [-0.3, -0.25) is 4.79 Å². The summed E-state index contributed by atoms with van der Waals surface area (Å²) in [6, 6.07) is 22.2. The number of alkyl carbamates (subject to hydrolysis) is 1. The molecule has 1 unspecified atom stereocenters. The molecule has 1 fully saturated rings. The van der Waals surface area contributed by atoms with E-state index in [0.29, 0.717) is 18.7 Å². The molecule has 0 radical (unpaired) electrons. The number of fused-ring (bicyclic) bond motifs is 1. The van der Waals surface area contributed by atoms with Crippen molar-refractivity contribution in [2.24, 2.45) is 7.05 Å². The van der Waals surface area contributed by atoms with E-state index in [9.17, 15) is 24.3 Å². The summed E-state index contributed by atoms with van der Waals surface area (Å²) in [5.74, 6) is -1.06. The molecule has 1 heterocycles. The van der Waals surface area contributed by atoms with Crippen molar-refractivity contribution in [2.75, 3.05) is 6.54 Å². The first-order valence-corrected chi connectivity index (χ1v) is 15.8. The minimum atomic E-state index is -1.39. The average molecular weight is 641 g/mol. The van der Waals surface area contributed by atoms with Crippen LogP contribution in [0.15, 0.2) is 78.9 Å². The number of rotatable bonds is 12. The lowest BCUT2D eigenvalue weighted by molar-refractivity contribution is -0.139. The number of para-hydroxylation sites is 2. The molecule has 1 aliphatic rings. The molecule has 0 bridgehead atoms. The van der Waals surface area contributed by atoms with Gasteiger partial charge in [-0.2, -0.15) is 0 Å². The van der Waals surface area contributed by atoms with Crippen molar-refractivity contribution in [1.82, 2.24) is 30.4 Å². The quantitative estimate of drug-likeness (QED) is 0.175. The monoisotopic (exact) mass is 640 g/mol. The highest BCUT2D eigenvalue weighted by molar-refractivity contribution is 5.94. The maximum atomic E-state index is 13.5. The lowest BCUT2D eigenvalue weighted by Gasteiger charge is -2.28. The van der Waals surface area contributed by atoms with Gasteiger partial charge in [-0.1, -0.05) is 73.9 Å². The molecule has 1 atom stereocenters. The van der Waals surface area contributed by atoms with Crippen LogP contribution in [0.25, 0.3) is 11.0 Å². The van der Waals surface area contributed by atoms with Crippen LogP contribution in [0.4, 0.5) is 9.59 Å². The zero-order chi connectivity index (χ0) is 33.2. The maximum absolute atomic E-state index is 13.5. The smallest absolute Gasteiger partial charge is 0.408 e. The number of hydrogen-bond acceptors (Lipinski definition) is 6. The second-order valence-corrected chi connectivity index (χ2v) is 11.7. The molecule has 12 nitrogen and oxygen atoms in total. The van der Waals surface area contributed by atoms with Crippen LogP contribution in [0.2, 0.25) is 0 Å². The molecule has 246 valence electrons. The van der Waals surface area contributed by atoms with Crippen LogP contribution in [0, 0.1) is 0 Å². The van der Waals surface area contributed by atoms with Gasteiger partial charge in [0.15, 0.2) is 0 Å². The third-order valence-corrected chi connectivity index (χ3v) is 8.29. The Labute approximate surface area is 273 Å². The summed E-state index contributed by atoms with van der Waals surface area (Å²) in [5.41, 5.74) is 3.71. The van der Waals surface area contributed by atoms with Gasteiger partial charge in [0.05, 0.1) is 17.6 Å². The number of aromatic nitrogens is 2. The van der Waals surface area contributed by atoms with Crippen molar-refractivity contribution in [3.8, 4) is 0 Å². The van der Waals surface area contributed by atoms with Crippen molar-refractivity contribution in [3.63, 3.8) is 0 Å². The molecule has 1 saturated carbocycles. The molecule has 5 rings (SSSR count). The number of carbonyl (C=O) groups excluding carboxylic acids is 3. The summed E-state index contributed by atoms with van der Waals surface area (Å²) < 4.78 is 7.09. The number of urea groups is 1. The second-order valence-electron chi connectivity index (χ2n) is 11.7. The predicted octanol–water partition coefficient (Wildman–Crippen LogP) is 4.73. The first-order chi connectivity index (χ1) is 22.8. The third-order valence-electron chi connectivity index (χ3n) is 8.29. The molecular formula is C35H40N6O6. The fourth-order valence-corrected chi connectivity index (χ4v) is 5.61. The first kappa shape index (κ1) is 33.0. The maximum Gasteiger partial charge on any atom is 0.408 e. The average Bonchev–Trinajstić information content (AvgIpc) is 3.40. The molecule has 1 aliphatic carbocycles. The van der Waals surface area contributed by atoms with Crippen molar-refractivity contribution in [2.45, 2.75) is 63.9 Å². The van der Waals surface area contributed by atoms with E-state index in [2.05, 4.69) is 16.0 Å². The summed E-state index contributed by atoms with van der Waals surface area (Å²) in [5, 5.41) is 17.6. The fourth-order valence-electron chi connectivity index (χ4n) is 5.61. The molecule has 0 saturated heterocycles. The highest BCUT2D eigenvalue weighted by Crippen LogP contribution is 2.20. The third kappa shape index (κ3) is 9.09. The SMILES string of the molecule is Cn1c(CN(Cc2ccc(C(=O)NCC(NC(=O)OCc3ccccc3)C(=O)O)cc2)C(=O)NC2CCCCC2)nc2ccccc21. The van der Waals surface area contributed by atoms with Crippen molar-refractivity contribution < 1.29 is 29.0 Å². The molecule has 1 aromatic heterocycles. The predicted molar refractivity (Wildman–Crippen MR) is 175 cm³/mol. The number of carbonyl (C=O) groups is 4. The van der Waals surface area contributed by atoms with Crippen molar-refractivity contribution in [1.29, 1.82) is 0 Å². The Bertz CT molecular complexity index is 1680. The van der Waals surface area contributed by atoms with Crippen LogP contribution in [0.1, 0.15) is 59.4 Å². The van der Waals surface area contributed by atoms with Gasteiger partial charge in [0.1, 0.15) is 18.5 Å². The summed E-state index contributed by atoms with van der Waals surface area (Å²) in [6.45, 7) is 0.225. The van der Waals surface area contributed by atoms with Crippen LogP contribution in [-0.4, -0.2) is 62.2 Å². The molecule has 47 heavy (non-hydrogen) atoms. The molecule has 4 aromatic rings. The number of nitrogens with zero attached hydrogens (tertiary/aromatic N) is 3. The fraction of sp³-hybridized carbons (Fsp3) is 0.343. The molecule has 4 N–H and O–H groups in total. The number of amides is 4. The van der Waals surface area contributed by atoms with E-state index in [1.54, 1.807) is 53.4 Å². The molecule has 3 aromatic carbocycles. The van der Waals surface area contributed by atoms with Gasteiger partial charge >= 0.3 is 18.1 Å². The van der Waals surface area contributed by atoms with Gasteiger partial charge < -0.3 is 35.3 Å². The number of nitrogens with one attached hydrogen (secondary N) is 3. The van der Waals surface area contributed by atoms with E-state index in [0.717, 1.165) is 53.7 Å². The minimum Gasteiger partial charge on any atom is -0.480 e. The Morgan fingerprint density at radius 3 is 2.32 bits per heavy atom. The van der Waals surface area contributed by atoms with Gasteiger partial charge in [0.2, 0.25) is 0 Å². The Morgan fingerprint density at radius 1 is 0.915 bits per heavy atom. The van der Waals surface area contributed by atoms with Crippen LogP contribution in [-0.2, 0) is 36.3 Å². The molecular weight excluding hydrogens is 600 g/mol. The topological polar surface area (TPSA) is 155 Å². The Kier molecular flexibility index (Phi) is 11.1. The Hall–Kier alpha value is -5.39. The zero-order valence-corrected chi connectivity index (χ0v) is 26.4. The van der Waals surface area contributed by atoms with Crippen molar-refractivity contribution >= 4 is 35.0 Å². The normalized spacial score (nSPS) is 13.8.